The maximum Gasteiger partial charge on any atom is 0.213 e. The topological polar surface area (TPSA) is 71.4 Å². The van der Waals surface area contributed by atoms with E-state index in [1.165, 1.54) is 12.1 Å². The number of hydrogen-bond acceptors (Lipinski definition) is 4. The van der Waals surface area contributed by atoms with Gasteiger partial charge >= 0.3 is 0 Å². The van der Waals surface area contributed by atoms with Crippen LogP contribution in [-0.4, -0.2) is 19.3 Å². The molecule has 0 fully saturated rings. The monoisotopic (exact) mass is 266 g/mol. The standard InChI is InChI=1S/C13H14O4S/c1-9-5-7-10(8-6-9)18(16,17)13-11(14)3-2-4-12(13)15/h5-8,14H,2-4H2,1H3. The molecule has 0 atom stereocenters. The van der Waals surface area contributed by atoms with Crippen LogP contribution in [-0.2, 0) is 14.6 Å². The van der Waals surface area contributed by atoms with Crippen LogP contribution in [0.15, 0.2) is 39.8 Å². The number of rotatable bonds is 2. The first-order valence-electron chi connectivity index (χ1n) is 5.70. The van der Waals surface area contributed by atoms with Gasteiger partial charge in [0.15, 0.2) is 10.7 Å². The number of aryl methyl sites for hydroxylation is 1. The highest BCUT2D eigenvalue weighted by molar-refractivity contribution is 7.96. The highest BCUT2D eigenvalue weighted by Crippen LogP contribution is 2.29. The van der Waals surface area contributed by atoms with Gasteiger partial charge in [-0.25, -0.2) is 8.42 Å². The molecule has 5 heteroatoms. The molecule has 1 N–H and O–H groups in total. The van der Waals surface area contributed by atoms with Crippen LogP contribution in [0.2, 0.25) is 0 Å². The summed E-state index contributed by atoms with van der Waals surface area (Å²) in [5.41, 5.74) is 0.933. The fourth-order valence-electron chi connectivity index (χ4n) is 1.94. The number of carbonyl (C=O) groups is 1. The van der Waals surface area contributed by atoms with Crippen LogP contribution in [0.5, 0.6) is 0 Å². The summed E-state index contributed by atoms with van der Waals surface area (Å²) < 4.78 is 24.6. The molecular formula is C13H14O4S. The number of benzene rings is 1. The van der Waals surface area contributed by atoms with Gasteiger partial charge in [0.2, 0.25) is 9.84 Å². The number of Topliss-reactive ketones (excluding diaryl/α,β-unsaturated/α-hetero) is 1. The minimum absolute atomic E-state index is 0.0462. The largest absolute Gasteiger partial charge is 0.511 e. The van der Waals surface area contributed by atoms with Crippen molar-refractivity contribution in [1.29, 1.82) is 0 Å². The van der Waals surface area contributed by atoms with Gasteiger partial charge in [-0.05, 0) is 25.5 Å². The van der Waals surface area contributed by atoms with E-state index in [0.29, 0.717) is 6.42 Å². The smallest absolute Gasteiger partial charge is 0.213 e. The van der Waals surface area contributed by atoms with Crippen molar-refractivity contribution in [2.45, 2.75) is 31.1 Å². The minimum atomic E-state index is -3.90. The molecule has 0 heterocycles. The van der Waals surface area contributed by atoms with Crippen LogP contribution in [0.1, 0.15) is 24.8 Å². The molecule has 0 unspecified atom stereocenters. The summed E-state index contributed by atoms with van der Waals surface area (Å²) >= 11 is 0. The lowest BCUT2D eigenvalue weighted by molar-refractivity contribution is -0.115. The molecule has 96 valence electrons. The average molecular weight is 266 g/mol. The average Bonchev–Trinajstić information content (AvgIpc) is 2.29. The number of carbonyl (C=O) groups excluding carboxylic acids is 1. The first-order valence-corrected chi connectivity index (χ1v) is 7.18. The highest BCUT2D eigenvalue weighted by atomic mass is 32.2. The minimum Gasteiger partial charge on any atom is -0.511 e. The van der Waals surface area contributed by atoms with Gasteiger partial charge in [-0.1, -0.05) is 17.7 Å². The van der Waals surface area contributed by atoms with Gasteiger partial charge in [0.25, 0.3) is 0 Å². The number of ketones is 1. The molecule has 0 amide bonds. The normalized spacial score (nSPS) is 17.1. The maximum atomic E-state index is 12.3. The zero-order valence-corrected chi connectivity index (χ0v) is 10.8. The van der Waals surface area contributed by atoms with Crippen molar-refractivity contribution in [3.05, 3.63) is 40.5 Å². The van der Waals surface area contributed by atoms with Gasteiger partial charge in [0.05, 0.1) is 4.90 Å². The Bertz CT molecular complexity index is 609. The second-order valence-corrected chi connectivity index (χ2v) is 6.26. The van der Waals surface area contributed by atoms with Crippen LogP contribution in [0, 0.1) is 6.92 Å². The summed E-state index contributed by atoms with van der Waals surface area (Å²) in [4.78, 5) is 11.3. The predicted octanol–water partition coefficient (Wildman–Crippen LogP) is 2.29. The molecule has 0 saturated carbocycles. The molecule has 0 aromatic heterocycles. The number of sulfone groups is 1. The number of hydrogen-bond donors (Lipinski definition) is 1. The molecule has 1 aliphatic carbocycles. The van der Waals surface area contributed by atoms with Crippen molar-refractivity contribution in [1.82, 2.24) is 0 Å². The van der Waals surface area contributed by atoms with Crippen molar-refractivity contribution in [2.75, 3.05) is 0 Å². The maximum absolute atomic E-state index is 12.3. The molecule has 2 rings (SSSR count). The van der Waals surface area contributed by atoms with Gasteiger partial charge in [-0.15, -0.1) is 0 Å². The van der Waals surface area contributed by atoms with E-state index < -0.39 is 20.5 Å². The summed E-state index contributed by atoms with van der Waals surface area (Å²) in [5, 5.41) is 9.67. The Hall–Kier alpha value is -1.62. The third-order valence-electron chi connectivity index (χ3n) is 2.93. The van der Waals surface area contributed by atoms with Gasteiger partial charge in [0.1, 0.15) is 5.76 Å². The summed E-state index contributed by atoms with van der Waals surface area (Å²) in [6.45, 7) is 1.85. The molecule has 1 aromatic carbocycles. The molecule has 0 bridgehead atoms. The van der Waals surface area contributed by atoms with E-state index in [1.807, 2.05) is 6.92 Å². The summed E-state index contributed by atoms with van der Waals surface area (Å²) in [6, 6.07) is 6.23. The molecule has 4 nitrogen and oxygen atoms in total. The molecule has 1 aromatic rings. The predicted molar refractivity (Wildman–Crippen MR) is 66.9 cm³/mol. The summed E-state index contributed by atoms with van der Waals surface area (Å²) in [7, 11) is -3.90. The Morgan fingerprint density at radius 3 is 2.28 bits per heavy atom. The summed E-state index contributed by atoms with van der Waals surface area (Å²) in [5.74, 6) is -0.814. The zero-order valence-electron chi connectivity index (χ0n) is 10.0. The Labute approximate surface area is 106 Å². The lowest BCUT2D eigenvalue weighted by Crippen LogP contribution is -2.20. The fourth-order valence-corrected chi connectivity index (χ4v) is 3.49. The Morgan fingerprint density at radius 1 is 1.11 bits per heavy atom. The number of aliphatic hydroxyl groups excluding tert-OH is 1. The lowest BCUT2D eigenvalue weighted by Gasteiger charge is -2.15. The first-order chi connectivity index (χ1) is 8.43. The van der Waals surface area contributed by atoms with Gasteiger partial charge in [0, 0.05) is 12.8 Å². The van der Waals surface area contributed by atoms with Gasteiger partial charge in [-0.3, -0.25) is 4.79 Å². The Kier molecular flexibility index (Phi) is 3.26. The quantitative estimate of drug-likeness (QED) is 0.891. The zero-order chi connectivity index (χ0) is 13.3. The van der Waals surface area contributed by atoms with Gasteiger partial charge < -0.3 is 5.11 Å². The van der Waals surface area contributed by atoms with E-state index in [9.17, 15) is 18.3 Å². The van der Waals surface area contributed by atoms with Crippen molar-refractivity contribution in [2.24, 2.45) is 0 Å². The molecule has 0 saturated heterocycles. The second kappa shape index (κ2) is 4.57. The van der Waals surface area contributed by atoms with E-state index in [2.05, 4.69) is 0 Å². The summed E-state index contributed by atoms with van der Waals surface area (Å²) in [6.07, 6.45) is 0.911. The number of aliphatic hydroxyl groups is 1. The molecule has 0 spiro atoms. The SMILES string of the molecule is Cc1ccc(S(=O)(=O)C2=C(O)CCCC2=O)cc1. The van der Waals surface area contributed by atoms with Gasteiger partial charge in [-0.2, -0.15) is 0 Å². The molecule has 0 radical (unpaired) electrons. The lowest BCUT2D eigenvalue weighted by atomic mass is 10.1. The van der Waals surface area contributed by atoms with E-state index in [-0.39, 0.29) is 23.5 Å². The van der Waals surface area contributed by atoms with Crippen LogP contribution in [0.4, 0.5) is 0 Å². The van der Waals surface area contributed by atoms with Crippen LogP contribution in [0.25, 0.3) is 0 Å². The van der Waals surface area contributed by atoms with Crippen LogP contribution >= 0.6 is 0 Å². The molecule has 18 heavy (non-hydrogen) atoms. The van der Waals surface area contributed by atoms with E-state index in [1.54, 1.807) is 12.1 Å². The van der Waals surface area contributed by atoms with Crippen molar-refractivity contribution < 1.29 is 18.3 Å². The van der Waals surface area contributed by atoms with Crippen molar-refractivity contribution >= 4 is 15.6 Å². The Balaban J connectivity index is 2.55. The van der Waals surface area contributed by atoms with Crippen molar-refractivity contribution in [3.8, 4) is 0 Å². The van der Waals surface area contributed by atoms with E-state index in [4.69, 9.17) is 0 Å². The van der Waals surface area contributed by atoms with Crippen LogP contribution < -0.4 is 0 Å². The van der Waals surface area contributed by atoms with E-state index in [0.717, 1.165) is 5.56 Å². The third kappa shape index (κ3) is 2.18. The second-order valence-electron chi connectivity index (χ2n) is 4.37. The molecule has 1 aliphatic rings. The van der Waals surface area contributed by atoms with E-state index >= 15 is 0 Å². The molecular weight excluding hydrogens is 252 g/mol. The first kappa shape index (κ1) is 12.8. The highest BCUT2D eigenvalue weighted by Gasteiger charge is 2.32. The van der Waals surface area contributed by atoms with Crippen molar-refractivity contribution in [3.63, 3.8) is 0 Å². The Morgan fingerprint density at radius 2 is 1.72 bits per heavy atom. The van der Waals surface area contributed by atoms with Crippen LogP contribution in [0.3, 0.4) is 0 Å². The third-order valence-corrected chi connectivity index (χ3v) is 4.83. The molecule has 0 aliphatic heterocycles. The fraction of sp³-hybridized carbons (Fsp3) is 0.308. The number of allylic oxidation sites excluding steroid dienone is 2.